The Morgan fingerprint density at radius 3 is 1.72 bits per heavy atom. The fourth-order valence-electron chi connectivity index (χ4n) is 2.80. The van der Waals surface area contributed by atoms with Crippen LogP contribution in [0.4, 0.5) is 0 Å². The van der Waals surface area contributed by atoms with Crippen LogP contribution in [0.25, 0.3) is 0 Å². The van der Waals surface area contributed by atoms with Crippen molar-refractivity contribution in [2.24, 2.45) is 0 Å². The monoisotopic (exact) mass is 428 g/mol. The first-order valence-electron chi connectivity index (χ1n) is 10.2. The molecule has 7 nitrogen and oxygen atoms in total. The molecule has 1 N–H and O–H groups in total. The number of carbonyl (C=O) groups is 2. The molecule has 164 valence electrons. The molecule has 0 atom stereocenters. The largest absolute Gasteiger partial charge is 0.462 e. The molecule has 0 radical (unpaired) electrons. The predicted molar refractivity (Wildman–Crippen MR) is 111 cm³/mol. The molecule has 0 aliphatic heterocycles. The van der Waals surface area contributed by atoms with E-state index in [1.54, 1.807) is 12.1 Å². The van der Waals surface area contributed by atoms with Crippen molar-refractivity contribution in [3.63, 3.8) is 0 Å². The molecule has 0 aromatic heterocycles. The van der Waals surface area contributed by atoms with E-state index in [1.165, 1.54) is 44.2 Å². The molecule has 8 heteroatoms. The summed E-state index contributed by atoms with van der Waals surface area (Å²) in [5, 5.41) is 0. The third-order valence-corrected chi connectivity index (χ3v) is 5.18. The first-order chi connectivity index (χ1) is 13.8. The zero-order valence-electron chi connectivity index (χ0n) is 17.1. The molecule has 0 amide bonds. The third-order valence-electron chi connectivity index (χ3n) is 4.38. The van der Waals surface area contributed by atoms with E-state index >= 15 is 0 Å². The van der Waals surface area contributed by atoms with Crippen LogP contribution in [0.3, 0.4) is 0 Å². The SMILES string of the molecule is CCCCCCCCCCOC(=O)c1ccccc1C(=O)OCCCS(=O)(=O)O. The first-order valence-corrected chi connectivity index (χ1v) is 11.8. The van der Waals surface area contributed by atoms with Crippen molar-refractivity contribution < 1.29 is 32.0 Å². The molecule has 29 heavy (non-hydrogen) atoms. The Bertz CT molecular complexity index is 728. The van der Waals surface area contributed by atoms with Gasteiger partial charge in [0.1, 0.15) is 0 Å². The summed E-state index contributed by atoms with van der Waals surface area (Å²) in [5.41, 5.74) is 0.187. The third kappa shape index (κ3) is 11.6. The van der Waals surface area contributed by atoms with Gasteiger partial charge in [-0.1, -0.05) is 64.0 Å². The van der Waals surface area contributed by atoms with Crippen molar-refractivity contribution in [1.82, 2.24) is 0 Å². The smallest absolute Gasteiger partial charge is 0.339 e. The second-order valence-corrected chi connectivity index (χ2v) is 8.50. The number of hydrogen-bond donors (Lipinski definition) is 1. The Hall–Kier alpha value is -1.93. The molecular weight excluding hydrogens is 396 g/mol. The van der Waals surface area contributed by atoms with Gasteiger partial charge in [0.05, 0.1) is 30.1 Å². The van der Waals surface area contributed by atoms with E-state index in [0.717, 1.165) is 19.3 Å². The average Bonchev–Trinajstić information content (AvgIpc) is 2.69. The summed E-state index contributed by atoms with van der Waals surface area (Å²) < 4.78 is 40.3. The fourth-order valence-corrected chi connectivity index (χ4v) is 3.28. The van der Waals surface area contributed by atoms with Gasteiger partial charge in [-0.2, -0.15) is 8.42 Å². The Labute approximate surface area is 173 Å². The van der Waals surface area contributed by atoms with E-state index in [1.807, 2.05) is 0 Å². The lowest BCUT2D eigenvalue weighted by molar-refractivity contribution is 0.0454. The molecule has 0 fully saturated rings. The maximum absolute atomic E-state index is 12.3. The summed E-state index contributed by atoms with van der Waals surface area (Å²) in [4.78, 5) is 24.5. The normalized spacial score (nSPS) is 11.2. The number of benzene rings is 1. The molecule has 1 rings (SSSR count). The van der Waals surface area contributed by atoms with Gasteiger partial charge in [0.15, 0.2) is 0 Å². The van der Waals surface area contributed by atoms with Crippen molar-refractivity contribution in [3.05, 3.63) is 35.4 Å². The van der Waals surface area contributed by atoms with Crippen LogP contribution in [0, 0.1) is 0 Å². The lowest BCUT2D eigenvalue weighted by atomic mass is 10.1. The van der Waals surface area contributed by atoms with Crippen LogP contribution < -0.4 is 0 Å². The van der Waals surface area contributed by atoms with Crippen molar-refractivity contribution in [1.29, 1.82) is 0 Å². The molecule has 1 aromatic carbocycles. The highest BCUT2D eigenvalue weighted by atomic mass is 32.2. The van der Waals surface area contributed by atoms with E-state index in [2.05, 4.69) is 6.92 Å². The van der Waals surface area contributed by atoms with Crippen molar-refractivity contribution in [3.8, 4) is 0 Å². The molecule has 0 saturated carbocycles. The van der Waals surface area contributed by atoms with Gasteiger partial charge in [0, 0.05) is 0 Å². The van der Waals surface area contributed by atoms with Gasteiger partial charge in [-0.15, -0.1) is 0 Å². The van der Waals surface area contributed by atoms with Crippen LogP contribution in [0.15, 0.2) is 24.3 Å². The van der Waals surface area contributed by atoms with Crippen LogP contribution in [0.2, 0.25) is 0 Å². The minimum absolute atomic E-state index is 0.0321. The number of rotatable bonds is 15. The quantitative estimate of drug-likeness (QED) is 0.250. The van der Waals surface area contributed by atoms with Crippen LogP contribution in [0.5, 0.6) is 0 Å². The van der Waals surface area contributed by atoms with Crippen molar-refractivity contribution >= 4 is 22.1 Å². The van der Waals surface area contributed by atoms with Gasteiger partial charge in [0.25, 0.3) is 10.1 Å². The summed E-state index contributed by atoms with van der Waals surface area (Å²) in [6, 6.07) is 6.18. The summed E-state index contributed by atoms with van der Waals surface area (Å²) in [7, 11) is -4.10. The molecule has 0 aliphatic carbocycles. The topological polar surface area (TPSA) is 107 Å². The first kappa shape index (κ1) is 25.1. The lowest BCUT2D eigenvalue weighted by Crippen LogP contribution is -2.16. The maximum atomic E-state index is 12.3. The van der Waals surface area contributed by atoms with E-state index in [0.29, 0.717) is 6.61 Å². The number of ether oxygens (including phenoxy) is 2. The number of hydrogen-bond acceptors (Lipinski definition) is 6. The van der Waals surface area contributed by atoms with E-state index < -0.39 is 27.8 Å². The minimum atomic E-state index is -4.10. The average molecular weight is 429 g/mol. The zero-order valence-corrected chi connectivity index (χ0v) is 17.9. The molecule has 1 aromatic rings. The van der Waals surface area contributed by atoms with Crippen LogP contribution in [-0.4, -0.2) is 43.9 Å². The summed E-state index contributed by atoms with van der Waals surface area (Å²) >= 11 is 0. The number of esters is 2. The highest BCUT2D eigenvalue weighted by Gasteiger charge is 2.19. The molecule has 0 spiro atoms. The molecule has 0 aliphatic rings. The Balaban J connectivity index is 2.37. The predicted octanol–water partition coefficient (Wildman–Crippen LogP) is 4.42. The Kier molecular flexibility index (Phi) is 12.2. The van der Waals surface area contributed by atoms with Gasteiger partial charge in [-0.25, -0.2) is 9.59 Å². The van der Waals surface area contributed by atoms with Crippen molar-refractivity contribution in [2.75, 3.05) is 19.0 Å². The second kappa shape index (κ2) is 14.1. The standard InChI is InChI=1S/C21H32O7S/c1-2-3-4-5-6-7-8-11-15-27-20(22)18-13-9-10-14-19(18)21(23)28-16-12-17-29(24,25)26/h9-10,13-14H,2-8,11-12,15-17H2,1H3,(H,24,25,26). The molecule has 0 saturated heterocycles. The van der Waals surface area contributed by atoms with E-state index in [9.17, 15) is 18.0 Å². The zero-order chi connectivity index (χ0) is 21.5. The van der Waals surface area contributed by atoms with Gasteiger partial charge in [-0.05, 0) is 25.0 Å². The van der Waals surface area contributed by atoms with E-state index in [4.69, 9.17) is 14.0 Å². The number of carbonyl (C=O) groups excluding carboxylic acids is 2. The van der Waals surface area contributed by atoms with Gasteiger partial charge < -0.3 is 9.47 Å². The molecule has 0 bridgehead atoms. The van der Waals surface area contributed by atoms with Gasteiger partial charge >= 0.3 is 11.9 Å². The van der Waals surface area contributed by atoms with Gasteiger partial charge in [-0.3, -0.25) is 4.55 Å². The highest BCUT2D eigenvalue weighted by molar-refractivity contribution is 7.85. The summed E-state index contributed by atoms with van der Waals surface area (Å²) in [5.74, 6) is -1.82. The summed E-state index contributed by atoms with van der Waals surface area (Å²) in [6.45, 7) is 2.31. The van der Waals surface area contributed by atoms with Crippen LogP contribution in [-0.2, 0) is 19.6 Å². The van der Waals surface area contributed by atoms with Gasteiger partial charge in [0.2, 0.25) is 0 Å². The minimum Gasteiger partial charge on any atom is -0.462 e. The van der Waals surface area contributed by atoms with Crippen molar-refractivity contribution in [2.45, 2.75) is 64.7 Å². The molecule has 0 heterocycles. The lowest BCUT2D eigenvalue weighted by Gasteiger charge is -2.10. The molecule has 0 unspecified atom stereocenters. The van der Waals surface area contributed by atoms with E-state index in [-0.39, 0.29) is 24.2 Å². The van der Waals surface area contributed by atoms with Crippen LogP contribution in [0.1, 0.15) is 85.4 Å². The van der Waals surface area contributed by atoms with Crippen LogP contribution >= 0.6 is 0 Å². The number of unbranched alkanes of at least 4 members (excludes halogenated alkanes) is 7. The molecular formula is C21H32O7S. The second-order valence-electron chi connectivity index (χ2n) is 6.93. The maximum Gasteiger partial charge on any atom is 0.339 e. The Morgan fingerprint density at radius 1 is 0.793 bits per heavy atom. The summed E-state index contributed by atoms with van der Waals surface area (Å²) in [6.07, 6.45) is 9.08. The highest BCUT2D eigenvalue weighted by Crippen LogP contribution is 2.13. The Morgan fingerprint density at radius 2 is 1.24 bits per heavy atom. The fraction of sp³-hybridized carbons (Fsp3) is 0.619.